The topological polar surface area (TPSA) is 30.0 Å². The second-order valence-electron chi connectivity index (χ2n) is 4.15. The minimum absolute atomic E-state index is 0.639. The summed E-state index contributed by atoms with van der Waals surface area (Å²) in [5.74, 6) is 0. The summed E-state index contributed by atoms with van der Waals surface area (Å²) in [7, 11) is 0. The first kappa shape index (κ1) is 10.8. The van der Waals surface area contributed by atoms with Crippen LogP contribution in [0.5, 0.6) is 0 Å². The van der Waals surface area contributed by atoms with Gasteiger partial charge in [-0.1, -0.05) is 17.7 Å². The number of aromatic nitrogens is 1. The Morgan fingerprint density at radius 2 is 2.19 bits per heavy atom. The predicted molar refractivity (Wildman–Crippen MR) is 65.3 cm³/mol. The molecule has 2 rings (SSSR count). The van der Waals surface area contributed by atoms with E-state index in [0.29, 0.717) is 5.56 Å². The molecule has 16 heavy (non-hydrogen) atoms. The van der Waals surface area contributed by atoms with E-state index < -0.39 is 0 Å². The Hall–Kier alpha value is -1.70. The fourth-order valence-electron chi connectivity index (χ4n) is 1.98. The summed E-state index contributed by atoms with van der Waals surface area (Å²) in [5, 5.41) is 0. The van der Waals surface area contributed by atoms with Crippen LogP contribution in [0.2, 0.25) is 0 Å². The molecule has 1 heterocycles. The first-order valence-corrected chi connectivity index (χ1v) is 5.51. The van der Waals surface area contributed by atoms with Gasteiger partial charge in [0.1, 0.15) is 0 Å². The van der Waals surface area contributed by atoms with Crippen molar-refractivity contribution in [3.63, 3.8) is 0 Å². The predicted octanol–water partition coefficient (Wildman–Crippen LogP) is 3.33. The second kappa shape index (κ2) is 4.44. The third-order valence-electron chi connectivity index (χ3n) is 2.96. The molecule has 0 aromatic carbocycles. The minimum atomic E-state index is 0.639. The summed E-state index contributed by atoms with van der Waals surface area (Å²) in [5.41, 5.74) is 5.29. The molecular formula is C14H15NO. The van der Waals surface area contributed by atoms with Crippen LogP contribution in [0.1, 0.15) is 41.4 Å². The Balaban J connectivity index is 2.54. The van der Waals surface area contributed by atoms with Crippen molar-refractivity contribution in [2.24, 2.45) is 0 Å². The van der Waals surface area contributed by atoms with Crippen LogP contribution in [0.25, 0.3) is 5.57 Å². The van der Waals surface area contributed by atoms with E-state index in [1.54, 1.807) is 6.20 Å². The molecule has 1 aromatic heterocycles. The van der Waals surface area contributed by atoms with Crippen molar-refractivity contribution in [2.75, 3.05) is 0 Å². The Bertz CT molecular complexity index is 484. The van der Waals surface area contributed by atoms with E-state index in [1.165, 1.54) is 11.1 Å². The zero-order chi connectivity index (χ0) is 11.5. The lowest BCUT2D eigenvalue weighted by Crippen LogP contribution is -1.98. The second-order valence-corrected chi connectivity index (χ2v) is 4.15. The van der Waals surface area contributed by atoms with Gasteiger partial charge >= 0.3 is 0 Å². The molecule has 0 saturated heterocycles. The molecule has 0 spiro atoms. The summed E-state index contributed by atoms with van der Waals surface area (Å²) in [6, 6.07) is 1.92. The van der Waals surface area contributed by atoms with Gasteiger partial charge in [0.25, 0.3) is 0 Å². The van der Waals surface area contributed by atoms with Crippen LogP contribution in [0.15, 0.2) is 30.0 Å². The molecule has 0 atom stereocenters. The van der Waals surface area contributed by atoms with Crippen molar-refractivity contribution < 1.29 is 4.79 Å². The van der Waals surface area contributed by atoms with Gasteiger partial charge in [0, 0.05) is 23.0 Å². The van der Waals surface area contributed by atoms with E-state index in [2.05, 4.69) is 24.1 Å². The average molecular weight is 213 g/mol. The van der Waals surface area contributed by atoms with Crippen molar-refractivity contribution in [1.29, 1.82) is 0 Å². The van der Waals surface area contributed by atoms with Gasteiger partial charge in [-0.2, -0.15) is 0 Å². The van der Waals surface area contributed by atoms with Crippen LogP contribution in [0.4, 0.5) is 0 Å². The monoisotopic (exact) mass is 213 g/mol. The van der Waals surface area contributed by atoms with Gasteiger partial charge in [0.2, 0.25) is 0 Å². The molecule has 0 aliphatic heterocycles. The van der Waals surface area contributed by atoms with Crippen molar-refractivity contribution in [1.82, 2.24) is 4.98 Å². The molecule has 1 aliphatic carbocycles. The number of allylic oxidation sites excluding steroid dienone is 4. The van der Waals surface area contributed by atoms with Crippen LogP contribution < -0.4 is 0 Å². The van der Waals surface area contributed by atoms with Crippen LogP contribution >= 0.6 is 0 Å². The highest BCUT2D eigenvalue weighted by Gasteiger charge is 2.10. The molecular weight excluding hydrogens is 198 g/mol. The summed E-state index contributed by atoms with van der Waals surface area (Å²) >= 11 is 0. The Labute approximate surface area is 95.7 Å². The van der Waals surface area contributed by atoms with Crippen molar-refractivity contribution in [3.05, 3.63) is 46.8 Å². The van der Waals surface area contributed by atoms with Crippen molar-refractivity contribution in [3.8, 4) is 0 Å². The Kier molecular flexibility index (Phi) is 3.00. The van der Waals surface area contributed by atoms with E-state index in [0.717, 1.165) is 30.4 Å². The van der Waals surface area contributed by atoms with Crippen LogP contribution in [0, 0.1) is 6.92 Å². The van der Waals surface area contributed by atoms with Gasteiger partial charge in [0.05, 0.1) is 0 Å². The largest absolute Gasteiger partial charge is 0.298 e. The molecule has 82 valence electrons. The summed E-state index contributed by atoms with van der Waals surface area (Å²) in [6.45, 7) is 4.12. The number of hydrogen-bond acceptors (Lipinski definition) is 2. The molecule has 1 aromatic rings. The number of carbonyl (C=O) groups excluding carboxylic acids is 1. The lowest BCUT2D eigenvalue weighted by atomic mass is 9.92. The lowest BCUT2D eigenvalue weighted by molar-refractivity contribution is 0.112. The number of nitrogens with zero attached hydrogens (tertiary/aromatic N) is 1. The maximum atomic E-state index is 10.8. The number of aldehydes is 1. The maximum Gasteiger partial charge on any atom is 0.151 e. The van der Waals surface area contributed by atoms with E-state index in [9.17, 15) is 4.79 Å². The molecule has 2 nitrogen and oxygen atoms in total. The van der Waals surface area contributed by atoms with Gasteiger partial charge in [-0.15, -0.1) is 0 Å². The normalized spacial score (nSPS) is 15.4. The molecule has 0 amide bonds. The SMILES string of the molecule is CC1=C(c2cc(C=O)cnc2C)C=CCC1. The number of pyridine rings is 1. The molecule has 0 saturated carbocycles. The zero-order valence-corrected chi connectivity index (χ0v) is 9.66. The van der Waals surface area contributed by atoms with Crippen molar-refractivity contribution >= 4 is 11.9 Å². The zero-order valence-electron chi connectivity index (χ0n) is 9.66. The average Bonchev–Trinajstić information content (AvgIpc) is 2.31. The fourth-order valence-corrected chi connectivity index (χ4v) is 1.98. The molecule has 1 aliphatic rings. The highest BCUT2D eigenvalue weighted by atomic mass is 16.1. The Morgan fingerprint density at radius 3 is 2.88 bits per heavy atom. The van der Waals surface area contributed by atoms with Crippen LogP contribution in [-0.4, -0.2) is 11.3 Å². The van der Waals surface area contributed by atoms with E-state index >= 15 is 0 Å². The highest BCUT2D eigenvalue weighted by molar-refractivity contribution is 5.82. The van der Waals surface area contributed by atoms with E-state index in [4.69, 9.17) is 0 Å². The Morgan fingerprint density at radius 1 is 1.38 bits per heavy atom. The van der Waals surface area contributed by atoms with Gasteiger partial charge in [-0.05, 0) is 38.3 Å². The van der Waals surface area contributed by atoms with Gasteiger partial charge in [0.15, 0.2) is 6.29 Å². The summed E-state index contributed by atoms with van der Waals surface area (Å²) < 4.78 is 0. The summed E-state index contributed by atoms with van der Waals surface area (Å²) in [4.78, 5) is 15.0. The molecule has 0 bridgehead atoms. The number of rotatable bonds is 2. The standard InChI is InChI=1S/C14H15NO/c1-10-5-3-4-6-13(10)14-7-12(9-16)8-15-11(14)2/h4,6-9H,3,5H2,1-2H3. The molecule has 0 radical (unpaired) electrons. The molecule has 2 heteroatoms. The number of carbonyl (C=O) groups is 1. The van der Waals surface area contributed by atoms with Gasteiger partial charge < -0.3 is 0 Å². The summed E-state index contributed by atoms with van der Waals surface area (Å²) in [6.07, 6.45) is 8.98. The maximum absolute atomic E-state index is 10.8. The smallest absolute Gasteiger partial charge is 0.151 e. The molecule has 0 N–H and O–H groups in total. The van der Waals surface area contributed by atoms with E-state index in [1.807, 2.05) is 13.0 Å². The first-order chi connectivity index (χ1) is 7.72. The minimum Gasteiger partial charge on any atom is -0.298 e. The number of aryl methyl sites for hydroxylation is 1. The molecule has 0 unspecified atom stereocenters. The lowest BCUT2D eigenvalue weighted by Gasteiger charge is -2.14. The quantitative estimate of drug-likeness (QED) is 0.705. The van der Waals surface area contributed by atoms with Crippen LogP contribution in [-0.2, 0) is 0 Å². The van der Waals surface area contributed by atoms with E-state index in [-0.39, 0.29) is 0 Å². The fraction of sp³-hybridized carbons (Fsp3) is 0.286. The first-order valence-electron chi connectivity index (χ1n) is 5.51. The van der Waals surface area contributed by atoms with Crippen molar-refractivity contribution in [2.45, 2.75) is 26.7 Å². The van der Waals surface area contributed by atoms with Gasteiger partial charge in [-0.25, -0.2) is 0 Å². The third-order valence-corrected chi connectivity index (χ3v) is 2.96. The third kappa shape index (κ3) is 1.96. The van der Waals surface area contributed by atoms with Crippen LogP contribution in [0.3, 0.4) is 0 Å². The highest BCUT2D eigenvalue weighted by Crippen LogP contribution is 2.28. The number of hydrogen-bond donors (Lipinski definition) is 0. The van der Waals surface area contributed by atoms with Gasteiger partial charge in [-0.3, -0.25) is 9.78 Å². The molecule has 0 fully saturated rings.